The molecule has 0 aliphatic rings. The molecule has 21 heavy (non-hydrogen) atoms. The molecular formula is C14H16N4O3. The van der Waals surface area contributed by atoms with Crippen molar-refractivity contribution in [2.24, 2.45) is 0 Å². The van der Waals surface area contributed by atoms with Crippen LogP contribution in [0.1, 0.15) is 24.7 Å². The standard InChI is InChI=1S/C14H16N4O3/c1-3-11(14(19)20)8-13-15-17-18(16-13)9-10-4-6-12(21-2)7-5-10/h4-8H,3,9H2,1-2H3,(H,19,20)/b11-8+. The van der Waals surface area contributed by atoms with E-state index in [0.29, 0.717) is 18.8 Å². The van der Waals surface area contributed by atoms with Crippen LogP contribution in [-0.4, -0.2) is 38.4 Å². The van der Waals surface area contributed by atoms with E-state index in [4.69, 9.17) is 9.84 Å². The summed E-state index contributed by atoms with van der Waals surface area (Å²) >= 11 is 0. The largest absolute Gasteiger partial charge is 0.497 e. The lowest BCUT2D eigenvalue weighted by Crippen LogP contribution is -2.04. The van der Waals surface area contributed by atoms with Crippen molar-refractivity contribution in [3.8, 4) is 5.75 Å². The monoisotopic (exact) mass is 288 g/mol. The second kappa shape index (κ2) is 6.65. The van der Waals surface area contributed by atoms with Gasteiger partial charge in [0, 0.05) is 5.57 Å². The Hall–Kier alpha value is -2.70. The zero-order valence-electron chi connectivity index (χ0n) is 11.9. The number of hydrogen-bond donors (Lipinski definition) is 1. The molecule has 0 aliphatic heterocycles. The van der Waals surface area contributed by atoms with Gasteiger partial charge in [-0.1, -0.05) is 19.1 Å². The fourth-order valence-corrected chi connectivity index (χ4v) is 1.75. The molecular weight excluding hydrogens is 272 g/mol. The van der Waals surface area contributed by atoms with Crippen LogP contribution in [0.4, 0.5) is 0 Å². The third-order valence-electron chi connectivity index (χ3n) is 2.91. The van der Waals surface area contributed by atoms with Crippen molar-refractivity contribution in [2.45, 2.75) is 19.9 Å². The van der Waals surface area contributed by atoms with Crippen LogP contribution in [-0.2, 0) is 11.3 Å². The summed E-state index contributed by atoms with van der Waals surface area (Å²) < 4.78 is 5.09. The minimum Gasteiger partial charge on any atom is -0.497 e. The van der Waals surface area contributed by atoms with Crippen LogP contribution in [0.25, 0.3) is 6.08 Å². The maximum absolute atomic E-state index is 10.9. The Morgan fingerprint density at radius 3 is 2.67 bits per heavy atom. The Bertz CT molecular complexity index is 646. The molecule has 2 aromatic rings. The summed E-state index contributed by atoms with van der Waals surface area (Å²) in [5, 5.41) is 20.8. The maximum atomic E-state index is 10.9. The van der Waals surface area contributed by atoms with Gasteiger partial charge in [0.05, 0.1) is 13.7 Å². The highest BCUT2D eigenvalue weighted by Gasteiger charge is 2.07. The quantitative estimate of drug-likeness (QED) is 0.812. The molecule has 1 aromatic carbocycles. The molecule has 0 unspecified atom stereocenters. The minimum atomic E-state index is -0.969. The van der Waals surface area contributed by atoms with Crippen molar-refractivity contribution in [3.63, 3.8) is 0 Å². The van der Waals surface area contributed by atoms with Gasteiger partial charge in [0.1, 0.15) is 5.75 Å². The molecule has 110 valence electrons. The second-order valence-corrected chi connectivity index (χ2v) is 4.35. The smallest absolute Gasteiger partial charge is 0.331 e. The number of methoxy groups -OCH3 is 1. The average Bonchev–Trinajstić information content (AvgIpc) is 2.92. The van der Waals surface area contributed by atoms with Crippen LogP contribution < -0.4 is 4.74 Å². The van der Waals surface area contributed by atoms with Crippen LogP contribution in [0.5, 0.6) is 5.75 Å². The van der Waals surface area contributed by atoms with Crippen molar-refractivity contribution < 1.29 is 14.6 Å². The predicted molar refractivity (Wildman–Crippen MR) is 75.8 cm³/mol. The molecule has 0 fully saturated rings. The molecule has 0 bridgehead atoms. The van der Waals surface area contributed by atoms with Gasteiger partial charge < -0.3 is 9.84 Å². The number of aromatic nitrogens is 4. The number of carboxylic acids is 1. The summed E-state index contributed by atoms with van der Waals surface area (Å²) in [6.07, 6.45) is 1.84. The molecule has 0 saturated heterocycles. The maximum Gasteiger partial charge on any atom is 0.331 e. The van der Waals surface area contributed by atoms with E-state index in [1.807, 2.05) is 24.3 Å². The molecule has 0 aliphatic carbocycles. The zero-order chi connectivity index (χ0) is 15.2. The normalized spacial score (nSPS) is 11.4. The SMILES string of the molecule is CC/C(=C\c1nnn(Cc2ccc(OC)cc2)n1)C(=O)O. The Kier molecular flexibility index (Phi) is 4.65. The third-order valence-corrected chi connectivity index (χ3v) is 2.91. The molecule has 1 aromatic heterocycles. The lowest BCUT2D eigenvalue weighted by atomic mass is 10.2. The van der Waals surface area contributed by atoms with E-state index in [1.54, 1.807) is 14.0 Å². The van der Waals surface area contributed by atoms with E-state index in [2.05, 4.69) is 15.4 Å². The Morgan fingerprint density at radius 1 is 1.38 bits per heavy atom. The molecule has 7 nitrogen and oxygen atoms in total. The van der Waals surface area contributed by atoms with Crippen molar-refractivity contribution in [1.29, 1.82) is 0 Å². The van der Waals surface area contributed by atoms with Crippen LogP contribution in [0.3, 0.4) is 0 Å². The first kappa shape index (κ1) is 14.7. The van der Waals surface area contributed by atoms with Crippen molar-refractivity contribution in [3.05, 3.63) is 41.2 Å². The summed E-state index contributed by atoms with van der Waals surface area (Å²) in [5.41, 5.74) is 1.25. The number of benzene rings is 1. The Balaban J connectivity index is 2.10. The summed E-state index contributed by atoms with van der Waals surface area (Å²) in [5.74, 6) is 0.106. The number of nitrogens with zero attached hydrogens (tertiary/aromatic N) is 4. The zero-order valence-corrected chi connectivity index (χ0v) is 11.9. The summed E-state index contributed by atoms with van der Waals surface area (Å²) in [6.45, 7) is 2.22. The third kappa shape index (κ3) is 3.88. The number of aliphatic carboxylic acids is 1. The number of carbonyl (C=O) groups is 1. The fraction of sp³-hybridized carbons (Fsp3) is 0.286. The number of carboxylic acid groups (broad SMARTS) is 1. The molecule has 1 N–H and O–H groups in total. The van der Waals surface area contributed by atoms with Crippen molar-refractivity contribution in [2.75, 3.05) is 7.11 Å². The van der Waals surface area contributed by atoms with Gasteiger partial charge in [-0.25, -0.2) is 4.79 Å². The second-order valence-electron chi connectivity index (χ2n) is 4.35. The predicted octanol–water partition coefficient (Wildman–Crippen LogP) is 1.61. The average molecular weight is 288 g/mol. The molecule has 0 spiro atoms. The van der Waals surface area contributed by atoms with E-state index in [-0.39, 0.29) is 5.57 Å². The molecule has 0 amide bonds. The van der Waals surface area contributed by atoms with E-state index in [1.165, 1.54) is 10.9 Å². The molecule has 0 radical (unpaired) electrons. The highest BCUT2D eigenvalue weighted by Crippen LogP contribution is 2.12. The Labute approximate surface area is 121 Å². The topological polar surface area (TPSA) is 90.1 Å². The number of ether oxygens (including phenoxy) is 1. The van der Waals surface area contributed by atoms with Crippen molar-refractivity contribution >= 4 is 12.0 Å². The lowest BCUT2D eigenvalue weighted by Gasteiger charge is -2.02. The van der Waals surface area contributed by atoms with Crippen LogP contribution in [0.2, 0.25) is 0 Å². The van der Waals surface area contributed by atoms with Crippen LogP contribution in [0, 0.1) is 0 Å². The molecule has 7 heteroatoms. The van der Waals surface area contributed by atoms with Gasteiger partial charge in [-0.15, -0.1) is 10.2 Å². The van der Waals surface area contributed by atoms with Gasteiger partial charge in [0.15, 0.2) is 5.82 Å². The highest BCUT2D eigenvalue weighted by molar-refractivity contribution is 5.91. The Morgan fingerprint density at radius 2 is 2.10 bits per heavy atom. The fourth-order valence-electron chi connectivity index (χ4n) is 1.75. The highest BCUT2D eigenvalue weighted by atomic mass is 16.5. The van der Waals surface area contributed by atoms with Gasteiger partial charge in [-0.2, -0.15) is 4.80 Å². The van der Waals surface area contributed by atoms with Gasteiger partial charge in [0.25, 0.3) is 0 Å². The summed E-state index contributed by atoms with van der Waals surface area (Å²) in [7, 11) is 1.61. The summed E-state index contributed by atoms with van der Waals surface area (Å²) in [6, 6.07) is 7.53. The van der Waals surface area contributed by atoms with E-state index >= 15 is 0 Å². The first-order valence-electron chi connectivity index (χ1n) is 6.47. The van der Waals surface area contributed by atoms with Crippen LogP contribution in [0.15, 0.2) is 29.8 Å². The summed E-state index contributed by atoms with van der Waals surface area (Å²) in [4.78, 5) is 12.3. The van der Waals surface area contributed by atoms with E-state index in [9.17, 15) is 4.79 Å². The molecule has 0 atom stereocenters. The number of hydrogen-bond acceptors (Lipinski definition) is 5. The molecule has 0 saturated carbocycles. The van der Waals surface area contributed by atoms with Gasteiger partial charge in [-0.3, -0.25) is 0 Å². The van der Waals surface area contributed by atoms with Gasteiger partial charge in [-0.05, 0) is 35.4 Å². The lowest BCUT2D eigenvalue weighted by molar-refractivity contribution is -0.132. The van der Waals surface area contributed by atoms with Gasteiger partial charge >= 0.3 is 5.97 Å². The van der Waals surface area contributed by atoms with E-state index in [0.717, 1.165) is 11.3 Å². The first-order chi connectivity index (χ1) is 10.1. The van der Waals surface area contributed by atoms with Crippen LogP contribution >= 0.6 is 0 Å². The van der Waals surface area contributed by atoms with E-state index < -0.39 is 5.97 Å². The van der Waals surface area contributed by atoms with Crippen molar-refractivity contribution in [1.82, 2.24) is 20.2 Å². The number of rotatable bonds is 6. The molecule has 1 heterocycles. The van der Waals surface area contributed by atoms with Gasteiger partial charge in [0.2, 0.25) is 0 Å². The first-order valence-corrected chi connectivity index (χ1v) is 6.47. The number of tetrazole rings is 1. The minimum absolute atomic E-state index is 0.249. The molecule has 2 rings (SSSR count).